The zero-order valence-corrected chi connectivity index (χ0v) is 18.2. The van der Waals surface area contributed by atoms with E-state index in [0.717, 1.165) is 37.3 Å². The normalized spacial score (nSPS) is 21.6. The van der Waals surface area contributed by atoms with Gasteiger partial charge in [0.2, 0.25) is 5.95 Å². The minimum absolute atomic E-state index is 0.0170. The number of nitrogens with zero attached hydrogens (tertiary/aromatic N) is 2. The first-order valence-corrected chi connectivity index (χ1v) is 10.7. The first kappa shape index (κ1) is 24.3. The van der Waals surface area contributed by atoms with Crippen LogP contribution in [-0.2, 0) is 11.3 Å². The molecule has 1 amide bonds. The fourth-order valence-corrected chi connectivity index (χ4v) is 3.80. The number of primary amides is 1. The van der Waals surface area contributed by atoms with E-state index in [1.807, 2.05) is 0 Å². The summed E-state index contributed by atoms with van der Waals surface area (Å²) in [6.45, 7) is 1.01. The van der Waals surface area contributed by atoms with E-state index in [4.69, 9.17) is 17.2 Å². The number of carbonyl (C=O) groups is 1. The van der Waals surface area contributed by atoms with Gasteiger partial charge in [-0.15, -0.1) is 0 Å². The molecule has 0 bridgehead atoms. The third-order valence-electron chi connectivity index (χ3n) is 5.87. The molecule has 3 rings (SSSR count). The molecule has 8 N–H and O–H groups in total. The summed E-state index contributed by atoms with van der Waals surface area (Å²) in [6, 6.07) is 9.28. The summed E-state index contributed by atoms with van der Waals surface area (Å²) in [6.07, 6.45) is 5.95. The van der Waals surface area contributed by atoms with Crippen LogP contribution in [0, 0.1) is 11.8 Å². The second kappa shape index (κ2) is 11.0. The average molecular weight is 458 g/mol. The van der Waals surface area contributed by atoms with E-state index < -0.39 is 17.4 Å². The van der Waals surface area contributed by atoms with Crippen LogP contribution in [0.4, 0.5) is 14.5 Å². The third kappa shape index (κ3) is 6.80. The van der Waals surface area contributed by atoms with Crippen molar-refractivity contribution in [2.75, 3.05) is 6.54 Å². The molecule has 33 heavy (non-hydrogen) atoms. The summed E-state index contributed by atoms with van der Waals surface area (Å²) in [7, 11) is 0. The Hall–Kier alpha value is -3.37. The molecule has 176 valence electrons. The van der Waals surface area contributed by atoms with Crippen molar-refractivity contribution in [2.45, 2.75) is 43.8 Å². The average Bonchev–Trinajstić information content (AvgIpc) is 2.79. The van der Waals surface area contributed by atoms with Crippen LogP contribution in [0.25, 0.3) is 0 Å². The number of hydrogen-bond donors (Lipinski definition) is 5. The Labute approximate surface area is 191 Å². The first-order valence-electron chi connectivity index (χ1n) is 10.7. The van der Waals surface area contributed by atoms with Gasteiger partial charge in [0.05, 0.1) is 11.3 Å². The number of amidine groups is 1. The van der Waals surface area contributed by atoms with Crippen LogP contribution in [0.1, 0.15) is 31.2 Å². The van der Waals surface area contributed by atoms with Gasteiger partial charge >= 0.3 is 0 Å². The molecular weight excluding hydrogens is 428 g/mol. The smallest absolute Gasteiger partial charge is 0.253 e. The van der Waals surface area contributed by atoms with Gasteiger partial charge in [0, 0.05) is 43.1 Å². The SMILES string of the molecule is NCC1(N/C=C(/C(N)=O)C(N)=Nc2ccnc(F)c2)CCC(NCc2ccc(F)cc2)CC1. The number of amides is 1. The lowest BCUT2D eigenvalue weighted by molar-refractivity contribution is -0.114. The summed E-state index contributed by atoms with van der Waals surface area (Å²) in [4.78, 5) is 19.5. The van der Waals surface area contributed by atoms with Crippen molar-refractivity contribution in [3.05, 3.63) is 71.7 Å². The number of halogens is 2. The summed E-state index contributed by atoms with van der Waals surface area (Å²) in [5.74, 6) is -1.86. The number of nitrogens with two attached hydrogens (primary N) is 3. The molecule has 1 aliphatic rings. The minimum atomic E-state index is -0.764. The number of nitrogens with one attached hydrogen (secondary N) is 2. The van der Waals surface area contributed by atoms with Gasteiger partial charge in [0.25, 0.3) is 5.91 Å². The second-order valence-corrected chi connectivity index (χ2v) is 8.17. The number of aliphatic imine (C=N–C) groups is 1. The van der Waals surface area contributed by atoms with Crippen molar-refractivity contribution in [1.82, 2.24) is 15.6 Å². The van der Waals surface area contributed by atoms with E-state index in [0.29, 0.717) is 19.1 Å². The van der Waals surface area contributed by atoms with Crippen LogP contribution in [0.15, 0.2) is 59.4 Å². The van der Waals surface area contributed by atoms with Crippen molar-refractivity contribution in [2.24, 2.45) is 22.2 Å². The molecule has 1 fully saturated rings. The van der Waals surface area contributed by atoms with Gasteiger partial charge < -0.3 is 27.8 Å². The van der Waals surface area contributed by atoms with E-state index >= 15 is 0 Å². The molecule has 1 aromatic carbocycles. The van der Waals surface area contributed by atoms with Crippen molar-refractivity contribution in [3.8, 4) is 0 Å². The van der Waals surface area contributed by atoms with Crippen LogP contribution >= 0.6 is 0 Å². The van der Waals surface area contributed by atoms with Crippen molar-refractivity contribution in [3.63, 3.8) is 0 Å². The Balaban J connectivity index is 1.62. The number of rotatable bonds is 9. The lowest BCUT2D eigenvalue weighted by atomic mass is 9.79. The monoisotopic (exact) mass is 457 g/mol. The predicted molar refractivity (Wildman–Crippen MR) is 123 cm³/mol. The van der Waals surface area contributed by atoms with Crippen LogP contribution in [0.5, 0.6) is 0 Å². The van der Waals surface area contributed by atoms with Gasteiger partial charge in [0.1, 0.15) is 11.7 Å². The Morgan fingerprint density at radius 3 is 2.48 bits per heavy atom. The lowest BCUT2D eigenvalue weighted by Crippen LogP contribution is -2.53. The van der Waals surface area contributed by atoms with E-state index in [1.165, 1.54) is 30.6 Å². The molecule has 0 aliphatic heterocycles. The molecule has 1 heterocycles. The Morgan fingerprint density at radius 1 is 1.18 bits per heavy atom. The maximum Gasteiger partial charge on any atom is 0.253 e. The number of carbonyl (C=O) groups excluding carboxylic acids is 1. The van der Waals surface area contributed by atoms with E-state index in [9.17, 15) is 13.6 Å². The van der Waals surface area contributed by atoms with Crippen LogP contribution in [0.2, 0.25) is 0 Å². The molecule has 1 aromatic heterocycles. The number of benzene rings is 1. The largest absolute Gasteiger partial charge is 0.383 e. The highest BCUT2D eigenvalue weighted by molar-refractivity contribution is 6.20. The molecule has 8 nitrogen and oxygen atoms in total. The van der Waals surface area contributed by atoms with Crippen LogP contribution in [-0.4, -0.2) is 34.9 Å². The summed E-state index contributed by atoms with van der Waals surface area (Å²) in [5.41, 5.74) is 18.3. The summed E-state index contributed by atoms with van der Waals surface area (Å²) in [5, 5.41) is 6.74. The number of aromatic nitrogens is 1. The molecule has 0 atom stereocenters. The fourth-order valence-electron chi connectivity index (χ4n) is 3.80. The predicted octanol–water partition coefficient (Wildman–Crippen LogP) is 1.74. The number of pyridine rings is 1. The highest BCUT2D eigenvalue weighted by Gasteiger charge is 2.33. The van der Waals surface area contributed by atoms with Gasteiger partial charge in [-0.3, -0.25) is 4.79 Å². The molecule has 0 saturated heterocycles. The number of hydrogen-bond acceptors (Lipinski definition) is 6. The van der Waals surface area contributed by atoms with Crippen molar-refractivity contribution >= 4 is 17.4 Å². The van der Waals surface area contributed by atoms with Crippen molar-refractivity contribution < 1.29 is 13.6 Å². The lowest BCUT2D eigenvalue weighted by Gasteiger charge is -2.40. The van der Waals surface area contributed by atoms with Gasteiger partial charge in [-0.05, 0) is 49.4 Å². The zero-order valence-electron chi connectivity index (χ0n) is 18.2. The van der Waals surface area contributed by atoms with Gasteiger partial charge in [-0.1, -0.05) is 12.1 Å². The Bertz CT molecular complexity index is 1020. The maximum atomic E-state index is 13.3. The standard InChI is InChI=1S/C23H29F2N7O/c24-16-3-1-15(2-4-16)12-30-17-5-8-23(14-26,9-6-17)31-13-19(22(28)33)21(27)32-18-7-10-29-20(25)11-18/h1-4,7,10-11,13,17,30-31H,5-6,8-9,12,14,26H2,(H2,28,33)(H2,27,29,32)/b19-13+. The highest BCUT2D eigenvalue weighted by atomic mass is 19.1. The Morgan fingerprint density at radius 2 is 1.88 bits per heavy atom. The molecule has 0 radical (unpaired) electrons. The second-order valence-electron chi connectivity index (χ2n) is 8.17. The van der Waals surface area contributed by atoms with E-state index in [2.05, 4.69) is 20.6 Å². The van der Waals surface area contributed by atoms with Crippen LogP contribution in [0.3, 0.4) is 0 Å². The minimum Gasteiger partial charge on any atom is -0.383 e. The van der Waals surface area contributed by atoms with E-state index in [1.54, 1.807) is 12.1 Å². The molecule has 1 aliphatic carbocycles. The molecule has 1 saturated carbocycles. The quantitative estimate of drug-likeness (QED) is 0.168. The van der Waals surface area contributed by atoms with Gasteiger partial charge in [0.15, 0.2) is 0 Å². The van der Waals surface area contributed by atoms with Gasteiger partial charge in [-0.2, -0.15) is 4.39 Å². The molecule has 2 aromatic rings. The maximum absolute atomic E-state index is 13.3. The summed E-state index contributed by atoms with van der Waals surface area (Å²) >= 11 is 0. The molecule has 10 heteroatoms. The Kier molecular flexibility index (Phi) is 8.07. The molecule has 0 spiro atoms. The zero-order chi connectivity index (χ0) is 23.8. The first-order chi connectivity index (χ1) is 15.8. The van der Waals surface area contributed by atoms with Crippen LogP contribution < -0.4 is 27.8 Å². The van der Waals surface area contributed by atoms with Crippen molar-refractivity contribution in [1.29, 1.82) is 0 Å². The highest BCUT2D eigenvalue weighted by Crippen LogP contribution is 2.28. The fraction of sp³-hybridized carbons (Fsp3) is 0.348. The van der Waals surface area contributed by atoms with E-state index in [-0.39, 0.29) is 22.9 Å². The van der Waals surface area contributed by atoms with Gasteiger partial charge in [-0.25, -0.2) is 14.4 Å². The molecular formula is C23H29F2N7O. The third-order valence-corrected chi connectivity index (χ3v) is 5.87. The summed E-state index contributed by atoms with van der Waals surface area (Å²) < 4.78 is 26.3. The molecule has 0 unspecified atom stereocenters. The topological polar surface area (TPSA) is 144 Å².